The molecule has 0 unspecified atom stereocenters. The van der Waals surface area contributed by atoms with Crippen molar-refractivity contribution in [2.24, 2.45) is 5.73 Å². The molecule has 0 heterocycles. The summed E-state index contributed by atoms with van der Waals surface area (Å²) in [5.41, 5.74) is 6.11. The largest absolute Gasteiger partial charge is 0.482 e. The Bertz CT molecular complexity index is 438. The van der Waals surface area contributed by atoms with Crippen LogP contribution in [0.15, 0.2) is 16.6 Å². The molecular formula is C10H9BrN2O2. The Morgan fingerprint density at radius 2 is 2.33 bits per heavy atom. The normalized spacial score (nSPS) is 9.40. The maximum absolute atomic E-state index is 10.6. The molecule has 4 nitrogen and oxygen atoms in total. The van der Waals surface area contributed by atoms with Gasteiger partial charge in [0.15, 0.2) is 6.61 Å². The molecule has 0 aliphatic carbocycles. The Morgan fingerprint density at radius 3 is 2.87 bits per heavy atom. The molecule has 0 atom stereocenters. The highest BCUT2D eigenvalue weighted by Crippen LogP contribution is 2.27. The number of ether oxygens (including phenoxy) is 1. The summed E-state index contributed by atoms with van der Waals surface area (Å²) in [4.78, 5) is 10.6. The van der Waals surface area contributed by atoms with Crippen molar-refractivity contribution in [1.82, 2.24) is 0 Å². The minimum atomic E-state index is -0.568. The minimum absolute atomic E-state index is 0.225. The van der Waals surface area contributed by atoms with Crippen LogP contribution >= 0.6 is 15.9 Å². The topological polar surface area (TPSA) is 76.1 Å². The number of halogens is 1. The highest BCUT2D eigenvalue weighted by Gasteiger charge is 2.09. The van der Waals surface area contributed by atoms with Crippen LogP contribution in [0.25, 0.3) is 0 Å². The van der Waals surface area contributed by atoms with Crippen LogP contribution in [0, 0.1) is 18.3 Å². The summed E-state index contributed by atoms with van der Waals surface area (Å²) in [6, 6.07) is 5.42. The van der Waals surface area contributed by atoms with Gasteiger partial charge in [0.05, 0.1) is 5.56 Å². The molecule has 0 aliphatic rings. The molecule has 78 valence electrons. The van der Waals surface area contributed by atoms with Gasteiger partial charge >= 0.3 is 0 Å². The lowest BCUT2D eigenvalue weighted by molar-refractivity contribution is -0.119. The number of nitrogens with zero attached hydrogens (tertiary/aromatic N) is 1. The molecule has 0 radical (unpaired) electrons. The third-order valence-corrected chi connectivity index (χ3v) is 2.18. The van der Waals surface area contributed by atoms with Gasteiger partial charge < -0.3 is 10.5 Å². The van der Waals surface area contributed by atoms with Crippen molar-refractivity contribution < 1.29 is 9.53 Å². The molecule has 2 N–H and O–H groups in total. The molecule has 0 saturated carbocycles. The third kappa shape index (κ3) is 2.96. The zero-order valence-electron chi connectivity index (χ0n) is 8.08. The number of nitrogens with two attached hydrogens (primary N) is 1. The van der Waals surface area contributed by atoms with Crippen molar-refractivity contribution in [3.05, 3.63) is 27.7 Å². The van der Waals surface area contributed by atoms with Gasteiger partial charge in [-0.1, -0.05) is 15.9 Å². The minimum Gasteiger partial charge on any atom is -0.482 e. The number of aryl methyl sites for hydroxylation is 1. The number of primary amides is 1. The lowest BCUT2D eigenvalue weighted by atomic mass is 10.1. The van der Waals surface area contributed by atoms with Gasteiger partial charge in [-0.15, -0.1) is 0 Å². The van der Waals surface area contributed by atoms with Gasteiger partial charge in [0.2, 0.25) is 0 Å². The molecule has 1 amide bonds. The summed E-state index contributed by atoms with van der Waals surface area (Å²) in [6.07, 6.45) is 0. The fraction of sp³-hybridized carbons (Fsp3) is 0.200. The summed E-state index contributed by atoms with van der Waals surface area (Å²) in [7, 11) is 0. The number of carbonyl (C=O) groups excluding carboxylic acids is 1. The van der Waals surface area contributed by atoms with E-state index in [9.17, 15) is 4.79 Å². The van der Waals surface area contributed by atoms with Gasteiger partial charge in [0.25, 0.3) is 5.91 Å². The van der Waals surface area contributed by atoms with Crippen LogP contribution in [-0.2, 0) is 4.79 Å². The molecule has 0 fully saturated rings. The van der Waals surface area contributed by atoms with Gasteiger partial charge in [-0.3, -0.25) is 4.79 Å². The van der Waals surface area contributed by atoms with E-state index in [4.69, 9.17) is 15.7 Å². The number of hydrogen-bond acceptors (Lipinski definition) is 3. The fourth-order valence-electron chi connectivity index (χ4n) is 1.15. The van der Waals surface area contributed by atoms with E-state index in [2.05, 4.69) is 15.9 Å². The summed E-state index contributed by atoms with van der Waals surface area (Å²) in [6.45, 7) is 1.57. The average Bonchev–Trinajstić information content (AvgIpc) is 2.14. The van der Waals surface area contributed by atoms with Gasteiger partial charge in [0, 0.05) is 4.47 Å². The lowest BCUT2D eigenvalue weighted by Crippen LogP contribution is -2.20. The summed E-state index contributed by atoms with van der Waals surface area (Å²) >= 11 is 3.27. The van der Waals surface area contributed by atoms with E-state index < -0.39 is 5.91 Å². The number of rotatable bonds is 3. The molecule has 15 heavy (non-hydrogen) atoms. The van der Waals surface area contributed by atoms with Crippen LogP contribution in [0.3, 0.4) is 0 Å². The van der Waals surface area contributed by atoms with E-state index in [0.717, 1.165) is 10.0 Å². The Kier molecular flexibility index (Phi) is 3.69. The first kappa shape index (κ1) is 11.5. The third-order valence-electron chi connectivity index (χ3n) is 1.72. The first-order valence-corrected chi connectivity index (χ1v) is 4.95. The van der Waals surface area contributed by atoms with E-state index in [0.29, 0.717) is 11.3 Å². The van der Waals surface area contributed by atoms with Gasteiger partial charge in [0.1, 0.15) is 11.8 Å². The highest BCUT2D eigenvalue weighted by molar-refractivity contribution is 9.10. The second kappa shape index (κ2) is 4.80. The number of carbonyl (C=O) groups is 1. The molecule has 0 aliphatic heterocycles. The van der Waals surface area contributed by atoms with Crippen molar-refractivity contribution in [2.75, 3.05) is 6.61 Å². The van der Waals surface area contributed by atoms with Crippen molar-refractivity contribution in [3.63, 3.8) is 0 Å². The smallest absolute Gasteiger partial charge is 0.255 e. The van der Waals surface area contributed by atoms with Gasteiger partial charge in [-0.05, 0) is 24.6 Å². The molecule has 1 aromatic rings. The van der Waals surface area contributed by atoms with Crippen LogP contribution in [0.5, 0.6) is 5.75 Å². The number of nitriles is 1. The van der Waals surface area contributed by atoms with Crippen LogP contribution in [-0.4, -0.2) is 12.5 Å². The fourth-order valence-corrected chi connectivity index (χ4v) is 1.72. The van der Waals surface area contributed by atoms with E-state index in [1.807, 2.05) is 6.07 Å². The average molecular weight is 269 g/mol. The first-order valence-electron chi connectivity index (χ1n) is 4.16. The Balaban J connectivity index is 3.05. The Morgan fingerprint density at radius 1 is 1.67 bits per heavy atom. The van der Waals surface area contributed by atoms with Crippen molar-refractivity contribution >= 4 is 21.8 Å². The molecule has 5 heteroatoms. The summed E-state index contributed by atoms with van der Waals surface area (Å²) in [5, 5.41) is 8.87. The Hall–Kier alpha value is -1.54. The maximum atomic E-state index is 10.6. The SMILES string of the molecule is Cc1cc(Br)cc(C#N)c1OCC(N)=O. The molecule has 0 aromatic heterocycles. The molecule has 0 spiro atoms. The lowest BCUT2D eigenvalue weighted by Gasteiger charge is -2.09. The van der Waals surface area contributed by atoms with Crippen molar-refractivity contribution in [1.29, 1.82) is 5.26 Å². The molecular weight excluding hydrogens is 260 g/mol. The van der Waals surface area contributed by atoms with E-state index in [1.54, 1.807) is 19.1 Å². The van der Waals surface area contributed by atoms with Crippen LogP contribution in [0.1, 0.15) is 11.1 Å². The van der Waals surface area contributed by atoms with E-state index >= 15 is 0 Å². The zero-order valence-corrected chi connectivity index (χ0v) is 9.67. The molecule has 1 rings (SSSR count). The second-order valence-electron chi connectivity index (χ2n) is 2.97. The van der Waals surface area contributed by atoms with Crippen LogP contribution in [0.4, 0.5) is 0 Å². The van der Waals surface area contributed by atoms with E-state index in [1.165, 1.54) is 0 Å². The Labute approximate surface area is 95.8 Å². The van der Waals surface area contributed by atoms with Crippen molar-refractivity contribution in [3.8, 4) is 11.8 Å². The zero-order chi connectivity index (χ0) is 11.4. The quantitative estimate of drug-likeness (QED) is 0.903. The summed E-state index contributed by atoms with van der Waals surface area (Å²) in [5.74, 6) is -0.166. The molecule has 1 aromatic carbocycles. The summed E-state index contributed by atoms with van der Waals surface area (Å²) < 4.78 is 5.95. The molecule has 0 bridgehead atoms. The van der Waals surface area contributed by atoms with Crippen LogP contribution in [0.2, 0.25) is 0 Å². The molecule has 0 saturated heterocycles. The number of benzene rings is 1. The maximum Gasteiger partial charge on any atom is 0.255 e. The number of hydrogen-bond donors (Lipinski definition) is 1. The monoisotopic (exact) mass is 268 g/mol. The standard InChI is InChI=1S/C10H9BrN2O2/c1-6-2-8(11)3-7(4-12)10(6)15-5-9(13)14/h2-3H,5H2,1H3,(H2,13,14). The number of amides is 1. The predicted octanol–water partition coefficient (Wildman–Crippen LogP) is 1.49. The van der Waals surface area contributed by atoms with E-state index in [-0.39, 0.29) is 6.61 Å². The first-order chi connectivity index (χ1) is 7.04. The highest BCUT2D eigenvalue weighted by atomic mass is 79.9. The van der Waals surface area contributed by atoms with Crippen molar-refractivity contribution in [2.45, 2.75) is 6.92 Å². The van der Waals surface area contributed by atoms with Gasteiger partial charge in [-0.25, -0.2) is 0 Å². The van der Waals surface area contributed by atoms with Crippen LogP contribution < -0.4 is 10.5 Å². The predicted molar refractivity (Wildman–Crippen MR) is 58.3 cm³/mol. The van der Waals surface area contributed by atoms with Gasteiger partial charge in [-0.2, -0.15) is 5.26 Å². The second-order valence-corrected chi connectivity index (χ2v) is 3.88.